The Kier molecular flexibility index (Phi) is 6.77. The lowest BCUT2D eigenvalue weighted by Crippen LogP contribution is -2.27. The van der Waals surface area contributed by atoms with E-state index in [-0.39, 0.29) is 11.7 Å². The number of aryl methyl sites for hydroxylation is 1. The van der Waals surface area contributed by atoms with Crippen LogP contribution < -0.4 is 0 Å². The summed E-state index contributed by atoms with van der Waals surface area (Å²) in [5.74, 6) is 0.0780. The number of nitrogens with zero attached hydrogens (tertiary/aromatic N) is 2. The Balaban J connectivity index is 2.57. The summed E-state index contributed by atoms with van der Waals surface area (Å²) < 4.78 is 2.23. The van der Waals surface area contributed by atoms with Gasteiger partial charge in [0.1, 0.15) is 0 Å². The molecule has 0 saturated heterocycles. The molecule has 0 aromatic carbocycles. The first-order chi connectivity index (χ1) is 9.38. The quantitative estimate of drug-likeness (QED) is 0.416. The first kappa shape index (κ1) is 17.3. The van der Waals surface area contributed by atoms with E-state index in [1.807, 2.05) is 13.0 Å². The molecule has 0 spiro atoms. The second kappa shape index (κ2) is 7.84. The predicted molar refractivity (Wildman–Crippen MR) is 86.0 cm³/mol. The molecule has 1 rings (SSSR count). The molecule has 114 valence electrons. The van der Waals surface area contributed by atoms with E-state index in [2.05, 4.69) is 37.3 Å². The van der Waals surface area contributed by atoms with Crippen LogP contribution in [0.1, 0.15) is 48.4 Å². The number of ketones is 1. The van der Waals surface area contributed by atoms with Crippen molar-refractivity contribution < 1.29 is 4.79 Å². The molecule has 0 saturated carbocycles. The summed E-state index contributed by atoms with van der Waals surface area (Å²) >= 11 is 5.65. The maximum absolute atomic E-state index is 11.7. The number of alkyl halides is 1. The summed E-state index contributed by atoms with van der Waals surface area (Å²) in [6.07, 6.45) is 2.30. The number of Topliss-reactive ketones (excluding diaryl/α,β-unsaturated/α-hetero) is 1. The van der Waals surface area contributed by atoms with Crippen molar-refractivity contribution in [3.63, 3.8) is 0 Å². The third kappa shape index (κ3) is 4.35. The Bertz CT molecular complexity index is 452. The molecule has 0 aliphatic carbocycles. The van der Waals surface area contributed by atoms with Gasteiger partial charge in [0, 0.05) is 29.5 Å². The average molecular weight is 299 g/mol. The predicted octanol–water partition coefficient (Wildman–Crippen LogP) is 3.65. The lowest BCUT2D eigenvalue weighted by molar-refractivity contribution is 0.102. The summed E-state index contributed by atoms with van der Waals surface area (Å²) in [5, 5.41) is 0. The van der Waals surface area contributed by atoms with E-state index in [4.69, 9.17) is 11.6 Å². The van der Waals surface area contributed by atoms with E-state index in [1.54, 1.807) is 0 Å². The number of aromatic nitrogens is 1. The summed E-state index contributed by atoms with van der Waals surface area (Å²) in [4.78, 5) is 14.1. The molecule has 1 heterocycles. The largest absolute Gasteiger partial charge is 0.348 e. The zero-order chi connectivity index (χ0) is 15.3. The molecular weight excluding hydrogens is 272 g/mol. The second-order valence-electron chi connectivity index (χ2n) is 5.77. The highest BCUT2D eigenvalue weighted by molar-refractivity contribution is 6.30. The van der Waals surface area contributed by atoms with Crippen LogP contribution in [-0.4, -0.2) is 40.8 Å². The van der Waals surface area contributed by atoms with Crippen molar-refractivity contribution in [1.82, 2.24) is 9.47 Å². The highest BCUT2D eigenvalue weighted by Gasteiger charge is 2.14. The van der Waals surface area contributed by atoms with Crippen molar-refractivity contribution in [1.29, 1.82) is 0 Å². The molecule has 1 aromatic rings. The van der Waals surface area contributed by atoms with Gasteiger partial charge in [-0.3, -0.25) is 4.79 Å². The van der Waals surface area contributed by atoms with Crippen molar-refractivity contribution in [2.45, 2.75) is 53.1 Å². The number of carbonyl (C=O) groups excluding carboxylic acids is 1. The van der Waals surface area contributed by atoms with E-state index < -0.39 is 0 Å². The van der Waals surface area contributed by atoms with Gasteiger partial charge in [-0.05, 0) is 60.2 Å². The molecule has 0 aliphatic rings. The van der Waals surface area contributed by atoms with Crippen LogP contribution >= 0.6 is 11.6 Å². The average Bonchev–Trinajstić information content (AvgIpc) is 2.69. The minimum absolute atomic E-state index is 0.0190. The van der Waals surface area contributed by atoms with Gasteiger partial charge >= 0.3 is 0 Å². The standard InChI is InChI=1S/C16H27ClN2O/c1-12(2)18(5)8-6-7-9-19-13(3)10-15(14(19)4)16(20)11-17/h10,12H,6-9,11H2,1-5H3. The van der Waals surface area contributed by atoms with Gasteiger partial charge in [-0.2, -0.15) is 0 Å². The molecule has 0 aliphatic heterocycles. The van der Waals surface area contributed by atoms with E-state index in [9.17, 15) is 4.79 Å². The van der Waals surface area contributed by atoms with Crippen LogP contribution in [0.2, 0.25) is 0 Å². The van der Waals surface area contributed by atoms with Crippen LogP contribution in [0.15, 0.2) is 6.07 Å². The summed E-state index contributed by atoms with van der Waals surface area (Å²) in [5.41, 5.74) is 2.97. The highest BCUT2D eigenvalue weighted by atomic mass is 35.5. The maximum atomic E-state index is 11.7. The lowest BCUT2D eigenvalue weighted by atomic mass is 10.2. The molecule has 4 heteroatoms. The normalized spacial score (nSPS) is 11.6. The summed E-state index contributed by atoms with van der Waals surface area (Å²) in [7, 11) is 2.16. The highest BCUT2D eigenvalue weighted by Crippen LogP contribution is 2.17. The van der Waals surface area contributed by atoms with Gasteiger partial charge in [-0.15, -0.1) is 11.6 Å². The lowest BCUT2D eigenvalue weighted by Gasteiger charge is -2.21. The minimum atomic E-state index is 0.0190. The van der Waals surface area contributed by atoms with Gasteiger partial charge in [0.2, 0.25) is 0 Å². The van der Waals surface area contributed by atoms with Crippen LogP contribution in [0.4, 0.5) is 0 Å². The Morgan fingerprint density at radius 1 is 1.35 bits per heavy atom. The molecule has 3 nitrogen and oxygen atoms in total. The topological polar surface area (TPSA) is 25.2 Å². The molecule has 0 bridgehead atoms. The van der Waals surface area contributed by atoms with Crippen molar-refractivity contribution in [3.8, 4) is 0 Å². The number of unbranched alkanes of at least 4 members (excludes halogenated alkanes) is 1. The maximum Gasteiger partial charge on any atom is 0.179 e. The Hall–Kier alpha value is -0.800. The fourth-order valence-electron chi connectivity index (χ4n) is 2.39. The van der Waals surface area contributed by atoms with Crippen molar-refractivity contribution in [2.24, 2.45) is 0 Å². The SMILES string of the molecule is Cc1cc(C(=O)CCl)c(C)n1CCCCN(C)C(C)C. The molecule has 0 N–H and O–H groups in total. The van der Waals surface area contributed by atoms with Crippen LogP contribution in [-0.2, 0) is 6.54 Å². The van der Waals surface area contributed by atoms with E-state index in [0.29, 0.717) is 6.04 Å². The molecule has 1 aromatic heterocycles. The van der Waals surface area contributed by atoms with Crippen LogP contribution in [0.5, 0.6) is 0 Å². The van der Waals surface area contributed by atoms with Crippen molar-refractivity contribution in [3.05, 3.63) is 23.0 Å². The molecule has 0 unspecified atom stereocenters. The monoisotopic (exact) mass is 298 g/mol. The third-order valence-corrected chi connectivity index (χ3v) is 4.26. The van der Waals surface area contributed by atoms with Gasteiger partial charge in [0.15, 0.2) is 5.78 Å². The smallest absolute Gasteiger partial charge is 0.179 e. The van der Waals surface area contributed by atoms with Gasteiger partial charge in [0.05, 0.1) is 5.88 Å². The zero-order valence-corrected chi connectivity index (χ0v) is 14.1. The number of hydrogen-bond donors (Lipinski definition) is 0. The summed E-state index contributed by atoms with van der Waals surface area (Å²) in [6, 6.07) is 2.55. The molecule has 0 amide bonds. The first-order valence-corrected chi connectivity index (χ1v) is 7.88. The van der Waals surface area contributed by atoms with Crippen molar-refractivity contribution in [2.75, 3.05) is 19.5 Å². The number of carbonyl (C=O) groups is 1. The molecule has 20 heavy (non-hydrogen) atoms. The Labute approximate surface area is 127 Å². The number of hydrogen-bond acceptors (Lipinski definition) is 2. The fraction of sp³-hybridized carbons (Fsp3) is 0.688. The van der Waals surface area contributed by atoms with Gasteiger partial charge in [-0.25, -0.2) is 0 Å². The molecule has 0 fully saturated rings. The van der Waals surface area contributed by atoms with Crippen molar-refractivity contribution >= 4 is 17.4 Å². The first-order valence-electron chi connectivity index (χ1n) is 7.34. The minimum Gasteiger partial charge on any atom is -0.348 e. The molecular formula is C16H27ClN2O. The third-order valence-electron chi connectivity index (χ3n) is 4.02. The molecule has 0 atom stereocenters. The van der Waals surface area contributed by atoms with Gasteiger partial charge in [0.25, 0.3) is 0 Å². The summed E-state index contributed by atoms with van der Waals surface area (Å²) in [6.45, 7) is 10.6. The van der Waals surface area contributed by atoms with Crippen LogP contribution in [0.3, 0.4) is 0 Å². The second-order valence-corrected chi connectivity index (χ2v) is 6.04. The van der Waals surface area contributed by atoms with Crippen LogP contribution in [0, 0.1) is 13.8 Å². The van der Waals surface area contributed by atoms with E-state index in [1.165, 1.54) is 6.42 Å². The number of rotatable bonds is 8. The van der Waals surface area contributed by atoms with E-state index >= 15 is 0 Å². The Morgan fingerprint density at radius 2 is 2.00 bits per heavy atom. The fourth-order valence-corrected chi connectivity index (χ4v) is 2.53. The van der Waals surface area contributed by atoms with Crippen LogP contribution in [0.25, 0.3) is 0 Å². The van der Waals surface area contributed by atoms with E-state index in [0.717, 1.165) is 36.5 Å². The number of halogens is 1. The van der Waals surface area contributed by atoms with Gasteiger partial charge in [-0.1, -0.05) is 0 Å². The van der Waals surface area contributed by atoms with Gasteiger partial charge < -0.3 is 9.47 Å². The Morgan fingerprint density at radius 3 is 2.55 bits per heavy atom. The molecule has 0 radical (unpaired) electrons. The zero-order valence-electron chi connectivity index (χ0n) is 13.4.